The molecule has 12 heteroatoms. The topological polar surface area (TPSA) is 131 Å². The van der Waals surface area contributed by atoms with Crippen LogP contribution in [0.4, 0.5) is 5.82 Å². The zero-order valence-corrected chi connectivity index (χ0v) is 23.2. The number of hydrogen-bond donors (Lipinski definition) is 3. The van der Waals surface area contributed by atoms with Crippen LogP contribution in [0.1, 0.15) is 51.4 Å². The SMILES string of the molecule is C=CC(=O)NCCCCCC(=O)Nc1cc(OC(=O)CCCCCNC(=O)C=C)n(-c2cc(Cl)ccc2Cl)n1. The van der Waals surface area contributed by atoms with Crippen molar-refractivity contribution < 1.29 is 23.9 Å². The van der Waals surface area contributed by atoms with E-state index in [1.165, 1.54) is 22.9 Å². The summed E-state index contributed by atoms with van der Waals surface area (Å²) in [6.45, 7) is 7.79. The lowest BCUT2D eigenvalue weighted by molar-refractivity contribution is -0.135. The summed E-state index contributed by atoms with van der Waals surface area (Å²) in [5.41, 5.74) is 0.381. The second-order valence-electron chi connectivity index (χ2n) is 8.51. The third-order valence-corrected chi connectivity index (χ3v) is 5.96. The summed E-state index contributed by atoms with van der Waals surface area (Å²) in [4.78, 5) is 47.3. The number of benzene rings is 1. The molecule has 1 aromatic carbocycles. The number of halogens is 2. The number of nitrogens with one attached hydrogen (secondary N) is 3. The maximum atomic E-state index is 12.5. The molecule has 3 N–H and O–H groups in total. The Balaban J connectivity index is 1.96. The molecule has 0 radical (unpaired) electrons. The van der Waals surface area contributed by atoms with E-state index in [1.807, 2.05) is 0 Å². The number of nitrogens with zero attached hydrogens (tertiary/aromatic N) is 2. The molecule has 0 fully saturated rings. The molecule has 0 aliphatic heterocycles. The highest BCUT2D eigenvalue weighted by molar-refractivity contribution is 6.34. The second-order valence-corrected chi connectivity index (χ2v) is 9.35. The molecule has 210 valence electrons. The van der Waals surface area contributed by atoms with Gasteiger partial charge >= 0.3 is 5.97 Å². The number of amides is 3. The smallest absolute Gasteiger partial charge is 0.312 e. The molecule has 0 spiro atoms. The molecule has 39 heavy (non-hydrogen) atoms. The van der Waals surface area contributed by atoms with Crippen LogP contribution < -0.4 is 20.7 Å². The van der Waals surface area contributed by atoms with Crippen LogP contribution in [0.25, 0.3) is 5.69 Å². The molecule has 0 saturated carbocycles. The van der Waals surface area contributed by atoms with E-state index in [2.05, 4.69) is 34.2 Å². The molecule has 0 unspecified atom stereocenters. The molecule has 0 aliphatic carbocycles. The summed E-state index contributed by atoms with van der Waals surface area (Å²) < 4.78 is 6.87. The summed E-state index contributed by atoms with van der Waals surface area (Å²) in [6.07, 6.45) is 6.92. The first kappa shape index (κ1) is 31.6. The van der Waals surface area contributed by atoms with E-state index in [0.717, 1.165) is 12.8 Å². The van der Waals surface area contributed by atoms with Crippen molar-refractivity contribution in [1.82, 2.24) is 20.4 Å². The van der Waals surface area contributed by atoms with Crippen molar-refractivity contribution in [3.05, 3.63) is 59.6 Å². The predicted molar refractivity (Wildman–Crippen MR) is 151 cm³/mol. The third kappa shape index (κ3) is 11.7. The highest BCUT2D eigenvalue weighted by atomic mass is 35.5. The maximum absolute atomic E-state index is 12.5. The van der Waals surface area contributed by atoms with Gasteiger partial charge < -0.3 is 20.7 Å². The third-order valence-electron chi connectivity index (χ3n) is 5.41. The summed E-state index contributed by atoms with van der Waals surface area (Å²) in [5, 5.41) is 13.2. The Morgan fingerprint density at radius 1 is 0.872 bits per heavy atom. The Morgan fingerprint density at radius 3 is 2.10 bits per heavy atom. The Hall–Kier alpha value is -3.63. The van der Waals surface area contributed by atoms with Crippen LogP contribution in [-0.2, 0) is 19.2 Å². The Labute approximate surface area is 237 Å². The minimum atomic E-state index is -0.481. The molecular weight excluding hydrogens is 545 g/mol. The number of unbranched alkanes of at least 4 members (excludes halogenated alkanes) is 4. The van der Waals surface area contributed by atoms with Gasteiger partial charge in [-0.3, -0.25) is 19.2 Å². The Morgan fingerprint density at radius 2 is 1.49 bits per heavy atom. The minimum Gasteiger partial charge on any atom is -0.407 e. The van der Waals surface area contributed by atoms with Gasteiger partial charge in [0.15, 0.2) is 5.82 Å². The van der Waals surface area contributed by atoms with Crippen LogP contribution in [0.15, 0.2) is 49.6 Å². The number of anilines is 1. The first-order valence-corrected chi connectivity index (χ1v) is 13.4. The van der Waals surface area contributed by atoms with Gasteiger partial charge in [-0.15, -0.1) is 5.10 Å². The van der Waals surface area contributed by atoms with Gasteiger partial charge in [0.25, 0.3) is 0 Å². The predicted octanol–water partition coefficient (Wildman–Crippen LogP) is 4.75. The normalized spacial score (nSPS) is 10.4. The lowest BCUT2D eigenvalue weighted by Crippen LogP contribution is -2.21. The number of carbonyl (C=O) groups excluding carboxylic acids is 4. The van der Waals surface area contributed by atoms with Crippen LogP contribution in [0.5, 0.6) is 5.88 Å². The Kier molecular flexibility index (Phi) is 13.8. The molecule has 1 aromatic heterocycles. The molecule has 2 aromatic rings. The van der Waals surface area contributed by atoms with Crippen LogP contribution in [0, 0.1) is 0 Å². The lowest BCUT2D eigenvalue weighted by atomic mass is 10.2. The number of hydrogen-bond acceptors (Lipinski definition) is 6. The van der Waals surface area contributed by atoms with Crippen LogP contribution in [-0.4, -0.2) is 46.6 Å². The molecule has 1 heterocycles. The van der Waals surface area contributed by atoms with Crippen molar-refractivity contribution in [3.63, 3.8) is 0 Å². The Bertz CT molecular complexity index is 1180. The maximum Gasteiger partial charge on any atom is 0.312 e. The van der Waals surface area contributed by atoms with Gasteiger partial charge in [-0.2, -0.15) is 4.68 Å². The minimum absolute atomic E-state index is 0.0793. The number of esters is 1. The zero-order valence-electron chi connectivity index (χ0n) is 21.6. The number of aromatic nitrogens is 2. The lowest BCUT2D eigenvalue weighted by Gasteiger charge is -2.10. The number of ether oxygens (including phenoxy) is 1. The van der Waals surface area contributed by atoms with Gasteiger partial charge in [-0.1, -0.05) is 49.2 Å². The molecule has 0 aliphatic rings. The molecule has 3 amide bonds. The highest BCUT2D eigenvalue weighted by Crippen LogP contribution is 2.30. The van der Waals surface area contributed by atoms with Crippen molar-refractivity contribution in [2.45, 2.75) is 51.4 Å². The van der Waals surface area contributed by atoms with Gasteiger partial charge in [0.1, 0.15) is 0 Å². The van der Waals surface area contributed by atoms with Crippen LogP contribution >= 0.6 is 23.2 Å². The van der Waals surface area contributed by atoms with Crippen molar-refractivity contribution in [3.8, 4) is 11.6 Å². The standard InChI is InChI=1S/C27H33Cl2N5O5/c1-3-23(35)30-15-9-5-7-11-25(37)32-22-18-26(34(33-22)21-17-19(28)13-14-20(21)29)39-27(38)12-8-6-10-16-31-24(36)4-2/h3-4,13-14,17-18H,1-2,5-12,15-16H2,(H,30,35)(H,31,36)(H,32,33,37). The monoisotopic (exact) mass is 577 g/mol. The highest BCUT2D eigenvalue weighted by Gasteiger charge is 2.18. The van der Waals surface area contributed by atoms with E-state index in [1.54, 1.807) is 18.2 Å². The zero-order chi connectivity index (χ0) is 28.6. The van der Waals surface area contributed by atoms with Gasteiger partial charge in [0.05, 0.1) is 10.7 Å². The number of carbonyl (C=O) groups is 4. The summed E-state index contributed by atoms with van der Waals surface area (Å²) in [6, 6.07) is 6.23. The fraction of sp³-hybridized carbons (Fsp3) is 0.370. The molecule has 10 nitrogen and oxygen atoms in total. The first-order valence-electron chi connectivity index (χ1n) is 12.6. The molecule has 0 atom stereocenters. The summed E-state index contributed by atoms with van der Waals surface area (Å²) >= 11 is 12.5. The van der Waals surface area contributed by atoms with Gasteiger partial charge in [-0.05, 0) is 56.0 Å². The van der Waals surface area contributed by atoms with E-state index in [9.17, 15) is 19.2 Å². The largest absolute Gasteiger partial charge is 0.407 e. The average molecular weight is 578 g/mol. The van der Waals surface area contributed by atoms with Gasteiger partial charge in [0, 0.05) is 37.0 Å². The van der Waals surface area contributed by atoms with Crippen molar-refractivity contribution in [2.75, 3.05) is 18.4 Å². The molecular formula is C27H33Cl2N5O5. The molecule has 0 saturated heterocycles. The fourth-order valence-corrected chi connectivity index (χ4v) is 3.78. The van der Waals surface area contributed by atoms with E-state index < -0.39 is 5.97 Å². The summed E-state index contributed by atoms with van der Waals surface area (Å²) in [5.74, 6) is -0.932. The van der Waals surface area contributed by atoms with E-state index in [0.29, 0.717) is 54.5 Å². The van der Waals surface area contributed by atoms with E-state index in [4.69, 9.17) is 27.9 Å². The van der Waals surface area contributed by atoms with Crippen LogP contribution in [0.2, 0.25) is 10.0 Å². The summed E-state index contributed by atoms with van der Waals surface area (Å²) in [7, 11) is 0. The van der Waals surface area contributed by atoms with Crippen molar-refractivity contribution >= 4 is 52.7 Å². The van der Waals surface area contributed by atoms with E-state index in [-0.39, 0.29) is 42.3 Å². The quantitative estimate of drug-likeness (QED) is 0.141. The fourth-order valence-electron chi connectivity index (χ4n) is 3.42. The van der Waals surface area contributed by atoms with Gasteiger partial charge in [-0.25, -0.2) is 0 Å². The average Bonchev–Trinajstić information content (AvgIpc) is 3.30. The second kappa shape index (κ2) is 17.1. The van der Waals surface area contributed by atoms with Gasteiger partial charge in [0.2, 0.25) is 23.6 Å². The van der Waals surface area contributed by atoms with Crippen molar-refractivity contribution in [1.29, 1.82) is 0 Å². The molecule has 2 rings (SSSR count). The van der Waals surface area contributed by atoms with E-state index >= 15 is 0 Å². The number of rotatable bonds is 17. The first-order chi connectivity index (χ1) is 18.7. The van der Waals surface area contributed by atoms with Crippen molar-refractivity contribution in [2.24, 2.45) is 0 Å². The van der Waals surface area contributed by atoms with Crippen LogP contribution in [0.3, 0.4) is 0 Å². The molecule has 0 bridgehead atoms.